The molecule has 0 N–H and O–H groups in total. The molecular weight excluding hydrogens is 469 g/mol. The van der Waals surface area contributed by atoms with Gasteiger partial charge in [0.2, 0.25) is 21.9 Å². The molecule has 8 nitrogen and oxygen atoms in total. The molecule has 1 fully saturated rings. The van der Waals surface area contributed by atoms with E-state index in [0.29, 0.717) is 30.2 Å². The molecule has 0 aliphatic carbocycles. The summed E-state index contributed by atoms with van der Waals surface area (Å²) in [6, 6.07) is 12.7. The number of halogens is 1. The van der Waals surface area contributed by atoms with Crippen LogP contribution in [0.4, 0.5) is 10.3 Å². The van der Waals surface area contributed by atoms with Crippen molar-refractivity contribution in [1.29, 1.82) is 0 Å². The number of sulfonamides is 1. The van der Waals surface area contributed by atoms with Crippen LogP contribution in [0.5, 0.6) is 11.6 Å². The SMILES string of the molecule is Cc1cccc(S(=O)(=O)N2CCc3nc(N4CCN(C)CC4)nc(Oc4cccc(F)c4)c3C2)c1. The van der Waals surface area contributed by atoms with Gasteiger partial charge in [0.05, 0.1) is 16.2 Å². The summed E-state index contributed by atoms with van der Waals surface area (Å²) < 4.78 is 48.1. The number of benzene rings is 2. The predicted octanol–water partition coefficient (Wildman–Crippen LogP) is 3.22. The highest BCUT2D eigenvalue weighted by atomic mass is 32.2. The molecule has 2 aliphatic heterocycles. The molecule has 0 bridgehead atoms. The van der Waals surface area contributed by atoms with Crippen molar-refractivity contribution in [2.45, 2.75) is 24.8 Å². The summed E-state index contributed by atoms with van der Waals surface area (Å²) >= 11 is 0. The van der Waals surface area contributed by atoms with Crippen LogP contribution in [0.25, 0.3) is 0 Å². The first-order chi connectivity index (χ1) is 16.8. The number of hydrogen-bond acceptors (Lipinski definition) is 7. The first-order valence-electron chi connectivity index (χ1n) is 11.6. The normalized spacial score (nSPS) is 17.3. The van der Waals surface area contributed by atoms with E-state index >= 15 is 0 Å². The van der Waals surface area contributed by atoms with Gasteiger partial charge in [0, 0.05) is 51.8 Å². The van der Waals surface area contributed by atoms with Gasteiger partial charge >= 0.3 is 0 Å². The van der Waals surface area contributed by atoms with E-state index in [4.69, 9.17) is 14.7 Å². The van der Waals surface area contributed by atoms with Gasteiger partial charge in [0.15, 0.2) is 0 Å². The van der Waals surface area contributed by atoms with Crippen LogP contribution < -0.4 is 9.64 Å². The third-order valence-electron chi connectivity index (χ3n) is 6.40. The van der Waals surface area contributed by atoms with Crippen molar-refractivity contribution in [1.82, 2.24) is 19.2 Å². The maximum Gasteiger partial charge on any atom is 0.243 e. The lowest BCUT2D eigenvalue weighted by Gasteiger charge is -2.34. The van der Waals surface area contributed by atoms with Crippen molar-refractivity contribution < 1.29 is 17.5 Å². The number of ether oxygens (including phenoxy) is 1. The van der Waals surface area contributed by atoms with E-state index < -0.39 is 15.8 Å². The van der Waals surface area contributed by atoms with Crippen molar-refractivity contribution in [2.75, 3.05) is 44.7 Å². The zero-order valence-corrected chi connectivity index (χ0v) is 20.6. The summed E-state index contributed by atoms with van der Waals surface area (Å²) in [4.78, 5) is 14.1. The molecule has 0 amide bonds. The van der Waals surface area contributed by atoms with E-state index in [1.54, 1.807) is 30.3 Å². The van der Waals surface area contributed by atoms with Gasteiger partial charge < -0.3 is 14.5 Å². The Kier molecular flexibility index (Phi) is 6.43. The number of fused-ring (bicyclic) bond motifs is 1. The van der Waals surface area contributed by atoms with Crippen molar-refractivity contribution in [3.05, 3.63) is 71.2 Å². The van der Waals surface area contributed by atoms with Crippen molar-refractivity contribution in [3.63, 3.8) is 0 Å². The average molecular weight is 498 g/mol. The Labute approximate surface area is 205 Å². The Morgan fingerprint density at radius 1 is 0.971 bits per heavy atom. The molecule has 35 heavy (non-hydrogen) atoms. The van der Waals surface area contributed by atoms with E-state index in [9.17, 15) is 12.8 Å². The molecule has 1 saturated heterocycles. The number of anilines is 1. The molecule has 0 unspecified atom stereocenters. The van der Waals surface area contributed by atoms with Gasteiger partial charge in [0.25, 0.3) is 0 Å². The molecule has 5 rings (SSSR count). The smallest absolute Gasteiger partial charge is 0.243 e. The minimum absolute atomic E-state index is 0.0826. The van der Waals surface area contributed by atoms with Gasteiger partial charge in [0.1, 0.15) is 11.6 Å². The summed E-state index contributed by atoms with van der Waals surface area (Å²) in [5.41, 5.74) is 2.24. The van der Waals surface area contributed by atoms with Crippen LogP contribution in [-0.2, 0) is 23.0 Å². The molecule has 0 radical (unpaired) electrons. The molecule has 0 spiro atoms. The Morgan fingerprint density at radius 2 is 1.74 bits per heavy atom. The molecule has 0 atom stereocenters. The fraction of sp³-hybridized carbons (Fsp3) is 0.360. The van der Waals surface area contributed by atoms with Crippen molar-refractivity contribution in [2.24, 2.45) is 0 Å². The highest BCUT2D eigenvalue weighted by Crippen LogP contribution is 2.33. The van der Waals surface area contributed by atoms with Gasteiger partial charge in [-0.1, -0.05) is 18.2 Å². The van der Waals surface area contributed by atoms with Crippen LogP contribution in [0.2, 0.25) is 0 Å². The molecule has 3 aromatic rings. The largest absolute Gasteiger partial charge is 0.438 e. The number of nitrogens with zero attached hydrogens (tertiary/aromatic N) is 5. The molecule has 184 valence electrons. The van der Waals surface area contributed by atoms with Crippen LogP contribution in [0.1, 0.15) is 16.8 Å². The second-order valence-corrected chi connectivity index (χ2v) is 10.9. The van der Waals surface area contributed by atoms with E-state index in [1.165, 1.54) is 16.4 Å². The number of likely N-dealkylation sites (N-methyl/N-ethyl adjacent to an activating group) is 1. The van der Waals surface area contributed by atoms with Gasteiger partial charge in [-0.05, 0) is 43.8 Å². The minimum atomic E-state index is -3.71. The lowest BCUT2D eigenvalue weighted by Crippen LogP contribution is -2.45. The Hall–Kier alpha value is -3.08. The quantitative estimate of drug-likeness (QED) is 0.536. The summed E-state index contributed by atoms with van der Waals surface area (Å²) in [6.45, 7) is 5.60. The molecule has 2 aromatic carbocycles. The second kappa shape index (κ2) is 9.52. The number of piperazine rings is 1. The van der Waals surface area contributed by atoms with Gasteiger partial charge in [-0.3, -0.25) is 0 Å². The van der Waals surface area contributed by atoms with E-state index in [2.05, 4.69) is 16.8 Å². The second-order valence-electron chi connectivity index (χ2n) is 9.01. The summed E-state index contributed by atoms with van der Waals surface area (Å²) in [7, 11) is -1.64. The van der Waals surface area contributed by atoms with Gasteiger partial charge in [-0.2, -0.15) is 9.29 Å². The Balaban J connectivity index is 1.51. The van der Waals surface area contributed by atoms with E-state index in [1.807, 2.05) is 13.0 Å². The molecule has 1 aromatic heterocycles. The number of aryl methyl sites for hydroxylation is 1. The number of rotatable bonds is 5. The Bertz CT molecular complexity index is 1340. The van der Waals surface area contributed by atoms with Crippen LogP contribution in [0.3, 0.4) is 0 Å². The first kappa shape index (κ1) is 23.7. The van der Waals surface area contributed by atoms with Crippen LogP contribution in [0.15, 0.2) is 53.4 Å². The Morgan fingerprint density at radius 3 is 2.49 bits per heavy atom. The molecule has 0 saturated carbocycles. The van der Waals surface area contributed by atoms with Gasteiger partial charge in [-0.25, -0.2) is 17.8 Å². The molecule has 3 heterocycles. The molecule has 2 aliphatic rings. The zero-order valence-electron chi connectivity index (χ0n) is 19.8. The standard InChI is InChI=1S/C25H28FN5O3S/c1-18-5-3-8-21(15-18)35(32,33)31-10-9-23-22(17-31)24(34-20-7-4-6-19(26)16-20)28-25(27-23)30-13-11-29(2)12-14-30/h3-8,15-16H,9-14,17H2,1-2H3. The van der Waals surface area contributed by atoms with Crippen molar-refractivity contribution in [3.8, 4) is 11.6 Å². The third kappa shape index (κ3) is 5.00. The summed E-state index contributed by atoms with van der Waals surface area (Å²) in [5, 5.41) is 0. The first-order valence-corrected chi connectivity index (χ1v) is 13.1. The van der Waals surface area contributed by atoms with E-state index in [-0.39, 0.29) is 17.3 Å². The highest BCUT2D eigenvalue weighted by Gasteiger charge is 2.33. The fourth-order valence-corrected chi connectivity index (χ4v) is 5.87. The number of hydrogen-bond donors (Lipinski definition) is 0. The molecule has 10 heteroatoms. The minimum Gasteiger partial charge on any atom is -0.438 e. The maximum atomic E-state index is 13.8. The summed E-state index contributed by atoms with van der Waals surface area (Å²) in [6.07, 6.45) is 0.434. The van der Waals surface area contributed by atoms with Crippen LogP contribution in [0, 0.1) is 12.7 Å². The average Bonchev–Trinajstić information content (AvgIpc) is 2.84. The van der Waals surface area contributed by atoms with Crippen LogP contribution in [-0.4, -0.2) is 67.4 Å². The zero-order chi connectivity index (χ0) is 24.6. The third-order valence-corrected chi connectivity index (χ3v) is 8.24. The predicted molar refractivity (Wildman–Crippen MR) is 131 cm³/mol. The van der Waals surface area contributed by atoms with Crippen LogP contribution >= 0.6 is 0 Å². The monoisotopic (exact) mass is 497 g/mol. The summed E-state index contributed by atoms with van der Waals surface area (Å²) in [5.74, 6) is 0.694. The lowest BCUT2D eigenvalue weighted by molar-refractivity contribution is 0.310. The van der Waals surface area contributed by atoms with E-state index in [0.717, 1.165) is 37.4 Å². The van der Waals surface area contributed by atoms with Crippen molar-refractivity contribution >= 4 is 16.0 Å². The lowest BCUT2D eigenvalue weighted by atomic mass is 10.1. The number of aromatic nitrogens is 2. The maximum absolute atomic E-state index is 13.8. The fourth-order valence-electron chi connectivity index (χ4n) is 4.35. The highest BCUT2D eigenvalue weighted by molar-refractivity contribution is 7.89. The topological polar surface area (TPSA) is 78.9 Å². The van der Waals surface area contributed by atoms with Gasteiger partial charge in [-0.15, -0.1) is 0 Å². The molecular formula is C25H28FN5O3S.